The van der Waals surface area contributed by atoms with Gasteiger partial charge in [0.2, 0.25) is 29.5 Å². The van der Waals surface area contributed by atoms with Crippen LogP contribution in [0.25, 0.3) is 0 Å². The standard InChI is InChI=1S/C25H38N5O9P/c1-4-15(2)21(24(34)28-18(22(26)32)13-17-9-6-5-7-10-17)29-23(33)20-11-8-12-30(20)25(35)19(27-16(3)31)14-39-40(36,37)38/h5-7,9-10,15,18-21H,4,8,11-14H2,1-3H3,(H2,26,32)(H,27,31)(H,28,34)(H,29,33)(H2,36,37,38)/t15-,18-,19-,20-,21-/m0/s1. The molecular formula is C25H38N5O9P. The fourth-order valence-corrected chi connectivity index (χ4v) is 4.72. The van der Waals surface area contributed by atoms with E-state index in [9.17, 15) is 28.5 Å². The smallest absolute Gasteiger partial charge is 0.368 e. The molecule has 222 valence electrons. The zero-order chi connectivity index (χ0) is 30.0. The normalized spacial score (nSPS) is 18.2. The van der Waals surface area contributed by atoms with Gasteiger partial charge in [-0.2, -0.15) is 0 Å². The highest BCUT2D eigenvalue weighted by atomic mass is 31.2. The quantitative estimate of drug-likeness (QED) is 0.153. The SMILES string of the molecule is CC[C@H](C)[C@H](NC(=O)[C@@H]1CCCN1C(=O)[C@H](COP(=O)(O)O)NC(C)=O)C(=O)N[C@@H](Cc1ccccc1)C(N)=O. The Morgan fingerprint density at radius 2 is 1.75 bits per heavy atom. The maximum atomic E-state index is 13.3. The average molecular weight is 584 g/mol. The highest BCUT2D eigenvalue weighted by molar-refractivity contribution is 7.46. The molecule has 1 fully saturated rings. The summed E-state index contributed by atoms with van der Waals surface area (Å²) in [5, 5.41) is 7.62. The lowest BCUT2D eigenvalue weighted by molar-refractivity contribution is -0.143. The predicted molar refractivity (Wildman–Crippen MR) is 143 cm³/mol. The molecule has 1 heterocycles. The summed E-state index contributed by atoms with van der Waals surface area (Å²) in [5.74, 6) is -3.71. The van der Waals surface area contributed by atoms with Gasteiger partial charge in [0, 0.05) is 19.9 Å². The molecular weight excluding hydrogens is 545 g/mol. The van der Waals surface area contributed by atoms with Crippen molar-refractivity contribution in [1.82, 2.24) is 20.9 Å². The molecule has 0 unspecified atom stereocenters. The number of hydrogen-bond donors (Lipinski definition) is 6. The van der Waals surface area contributed by atoms with Gasteiger partial charge in [0.15, 0.2) is 0 Å². The molecule has 0 radical (unpaired) electrons. The lowest BCUT2D eigenvalue weighted by Crippen LogP contribution is -2.59. The first-order chi connectivity index (χ1) is 18.7. The number of hydrogen-bond acceptors (Lipinski definition) is 7. The van der Waals surface area contributed by atoms with E-state index < -0.39 is 68.1 Å². The summed E-state index contributed by atoms with van der Waals surface area (Å²) in [7, 11) is -4.93. The van der Waals surface area contributed by atoms with E-state index in [2.05, 4.69) is 20.5 Å². The van der Waals surface area contributed by atoms with E-state index in [-0.39, 0.29) is 25.3 Å². The van der Waals surface area contributed by atoms with Gasteiger partial charge in [-0.3, -0.25) is 28.5 Å². The van der Waals surface area contributed by atoms with Crippen LogP contribution < -0.4 is 21.7 Å². The third kappa shape index (κ3) is 10.0. The number of likely N-dealkylation sites (tertiary alicyclic amines) is 1. The summed E-state index contributed by atoms with van der Waals surface area (Å²) in [6, 6.07) is 4.47. The largest absolute Gasteiger partial charge is 0.469 e. The molecule has 5 atom stereocenters. The van der Waals surface area contributed by atoms with E-state index in [0.717, 1.165) is 12.5 Å². The Bertz CT molecular complexity index is 1110. The first kappa shape index (κ1) is 32.9. The summed E-state index contributed by atoms with van der Waals surface area (Å²) in [4.78, 5) is 82.7. The molecule has 0 saturated carbocycles. The molecule has 0 spiro atoms. The fraction of sp³-hybridized carbons (Fsp3) is 0.560. The first-order valence-corrected chi connectivity index (χ1v) is 14.5. The van der Waals surface area contributed by atoms with Gasteiger partial charge in [0.05, 0.1) is 6.61 Å². The van der Waals surface area contributed by atoms with Crippen LogP contribution in [0, 0.1) is 5.92 Å². The second-order valence-electron chi connectivity index (χ2n) is 9.75. The van der Waals surface area contributed by atoms with Crippen molar-refractivity contribution in [3.63, 3.8) is 0 Å². The van der Waals surface area contributed by atoms with Crippen LogP contribution in [0.1, 0.15) is 45.6 Å². The molecule has 40 heavy (non-hydrogen) atoms. The Labute approximate surface area is 232 Å². The minimum atomic E-state index is -4.93. The van der Waals surface area contributed by atoms with Crippen LogP contribution in [0.2, 0.25) is 0 Å². The van der Waals surface area contributed by atoms with Gasteiger partial charge in [-0.05, 0) is 24.3 Å². The fourth-order valence-electron chi connectivity index (χ4n) is 4.38. The summed E-state index contributed by atoms with van der Waals surface area (Å²) >= 11 is 0. The average Bonchev–Trinajstić information content (AvgIpc) is 3.38. The van der Waals surface area contributed by atoms with Gasteiger partial charge in [-0.15, -0.1) is 0 Å². The molecule has 5 amide bonds. The van der Waals surface area contributed by atoms with E-state index in [0.29, 0.717) is 12.8 Å². The van der Waals surface area contributed by atoms with Crippen LogP contribution in [-0.4, -0.2) is 81.5 Å². The Morgan fingerprint density at radius 1 is 1.10 bits per heavy atom. The second kappa shape index (κ2) is 14.9. The minimum absolute atomic E-state index is 0.143. The molecule has 0 aliphatic carbocycles. The van der Waals surface area contributed by atoms with Crippen molar-refractivity contribution in [2.24, 2.45) is 11.7 Å². The Morgan fingerprint density at radius 3 is 2.30 bits per heavy atom. The van der Waals surface area contributed by atoms with Crippen LogP contribution in [0.15, 0.2) is 30.3 Å². The highest BCUT2D eigenvalue weighted by Gasteiger charge is 2.40. The van der Waals surface area contributed by atoms with Crippen molar-refractivity contribution in [2.45, 2.75) is 70.6 Å². The lowest BCUT2D eigenvalue weighted by Gasteiger charge is -2.31. The predicted octanol–water partition coefficient (Wildman–Crippen LogP) is -0.665. The molecule has 1 aromatic rings. The Hall–Kier alpha value is -3.32. The van der Waals surface area contributed by atoms with Crippen molar-refractivity contribution in [1.29, 1.82) is 0 Å². The molecule has 15 heteroatoms. The van der Waals surface area contributed by atoms with E-state index in [1.165, 1.54) is 4.90 Å². The number of nitrogens with zero attached hydrogens (tertiary/aromatic N) is 1. The Balaban J connectivity index is 2.17. The number of carbonyl (C=O) groups excluding carboxylic acids is 5. The number of nitrogens with two attached hydrogens (primary N) is 1. The van der Waals surface area contributed by atoms with Crippen LogP contribution >= 0.6 is 7.82 Å². The van der Waals surface area contributed by atoms with Crippen LogP contribution in [0.5, 0.6) is 0 Å². The molecule has 14 nitrogen and oxygen atoms in total. The number of benzene rings is 1. The van der Waals surface area contributed by atoms with Crippen LogP contribution in [-0.2, 0) is 39.5 Å². The van der Waals surface area contributed by atoms with Crippen LogP contribution in [0.3, 0.4) is 0 Å². The number of rotatable bonds is 14. The molecule has 2 rings (SSSR count). The molecule has 1 aromatic carbocycles. The van der Waals surface area contributed by atoms with Gasteiger partial charge in [0.1, 0.15) is 24.2 Å². The van der Waals surface area contributed by atoms with E-state index in [1.54, 1.807) is 31.2 Å². The number of phosphoric acid groups is 1. The minimum Gasteiger partial charge on any atom is -0.368 e. The Kier molecular flexibility index (Phi) is 12.2. The zero-order valence-electron chi connectivity index (χ0n) is 22.7. The van der Waals surface area contributed by atoms with Gasteiger partial charge >= 0.3 is 7.82 Å². The lowest BCUT2D eigenvalue weighted by atomic mass is 9.96. The summed E-state index contributed by atoms with van der Waals surface area (Å²) in [6.45, 7) is 4.05. The van der Waals surface area contributed by atoms with Crippen molar-refractivity contribution in [3.8, 4) is 0 Å². The summed E-state index contributed by atoms with van der Waals surface area (Å²) in [6.07, 6.45) is 1.37. The number of amides is 5. The molecule has 1 aliphatic heterocycles. The number of primary amides is 1. The van der Waals surface area contributed by atoms with Gasteiger partial charge in [0.25, 0.3) is 0 Å². The molecule has 0 aromatic heterocycles. The number of nitrogens with one attached hydrogen (secondary N) is 3. The summed E-state index contributed by atoms with van der Waals surface area (Å²) in [5.41, 5.74) is 6.32. The molecule has 0 bridgehead atoms. The monoisotopic (exact) mass is 583 g/mol. The third-order valence-corrected chi connectivity index (χ3v) is 7.14. The first-order valence-electron chi connectivity index (χ1n) is 12.9. The zero-order valence-corrected chi connectivity index (χ0v) is 23.6. The maximum Gasteiger partial charge on any atom is 0.469 e. The van der Waals surface area contributed by atoms with Gasteiger partial charge in [-0.1, -0.05) is 50.6 Å². The topological polar surface area (TPSA) is 217 Å². The van der Waals surface area contributed by atoms with Crippen molar-refractivity contribution in [2.75, 3.05) is 13.2 Å². The summed E-state index contributed by atoms with van der Waals surface area (Å²) < 4.78 is 15.6. The van der Waals surface area contributed by atoms with Gasteiger partial charge in [-0.25, -0.2) is 4.57 Å². The molecule has 1 aliphatic rings. The molecule has 1 saturated heterocycles. The van der Waals surface area contributed by atoms with E-state index in [1.807, 2.05) is 13.0 Å². The van der Waals surface area contributed by atoms with Crippen molar-refractivity contribution < 1.29 is 42.8 Å². The van der Waals surface area contributed by atoms with Crippen molar-refractivity contribution in [3.05, 3.63) is 35.9 Å². The highest BCUT2D eigenvalue weighted by Crippen LogP contribution is 2.36. The molecule has 7 N–H and O–H groups in total. The van der Waals surface area contributed by atoms with E-state index in [4.69, 9.17) is 15.5 Å². The van der Waals surface area contributed by atoms with Crippen molar-refractivity contribution >= 4 is 37.4 Å². The second-order valence-corrected chi connectivity index (χ2v) is 11.0. The number of phosphoric ester groups is 1. The van der Waals surface area contributed by atoms with E-state index >= 15 is 0 Å². The maximum absolute atomic E-state index is 13.3. The van der Waals surface area contributed by atoms with Gasteiger partial charge < -0.3 is 36.4 Å². The number of carbonyl (C=O) groups is 5. The third-order valence-electron chi connectivity index (χ3n) is 6.66. The van der Waals surface area contributed by atoms with Crippen LogP contribution in [0.4, 0.5) is 0 Å².